The maximum absolute atomic E-state index is 4.66. The Bertz CT molecular complexity index is 628. The van der Waals surface area contributed by atoms with Crippen molar-refractivity contribution in [2.45, 2.75) is 6.54 Å². The van der Waals surface area contributed by atoms with Gasteiger partial charge in [-0.1, -0.05) is 17.3 Å². The van der Waals surface area contributed by atoms with Crippen LogP contribution >= 0.6 is 0 Å². The van der Waals surface area contributed by atoms with Crippen molar-refractivity contribution in [3.05, 3.63) is 36.5 Å². The van der Waals surface area contributed by atoms with Crippen LogP contribution in [-0.4, -0.2) is 19.7 Å². The summed E-state index contributed by atoms with van der Waals surface area (Å²) in [6, 6.07) is 7.97. The number of nitrogens with one attached hydrogen (secondary N) is 1. The molecule has 0 radical (unpaired) electrons. The fraction of sp³-hybridized carbons (Fsp3) is 0.182. The summed E-state index contributed by atoms with van der Waals surface area (Å²) in [7, 11) is 1.97. The van der Waals surface area contributed by atoms with Crippen molar-refractivity contribution in [3.8, 4) is 0 Å². The lowest BCUT2D eigenvalue weighted by molar-refractivity contribution is 0.411. The van der Waals surface area contributed by atoms with Crippen LogP contribution in [0, 0.1) is 0 Å². The van der Waals surface area contributed by atoms with E-state index in [0.29, 0.717) is 12.4 Å². The van der Waals surface area contributed by atoms with Crippen LogP contribution in [0.25, 0.3) is 11.0 Å². The van der Waals surface area contributed by atoms with Crippen molar-refractivity contribution in [3.63, 3.8) is 0 Å². The van der Waals surface area contributed by atoms with E-state index in [0.717, 1.165) is 17.0 Å². The number of nitrogens with zero attached hydrogens (tertiary/aromatic N) is 4. The highest BCUT2D eigenvalue weighted by molar-refractivity contribution is 5.78. The van der Waals surface area contributed by atoms with Crippen LogP contribution in [0.4, 0.5) is 5.95 Å². The Labute approximate surface area is 97.3 Å². The van der Waals surface area contributed by atoms with Crippen molar-refractivity contribution in [1.29, 1.82) is 0 Å². The van der Waals surface area contributed by atoms with Gasteiger partial charge in [0.1, 0.15) is 0 Å². The SMILES string of the molecule is Cn1c(NCc2ncon2)nc2ccccc21. The molecule has 3 rings (SSSR count). The summed E-state index contributed by atoms with van der Waals surface area (Å²) in [5.74, 6) is 1.40. The molecule has 0 spiro atoms. The molecular weight excluding hydrogens is 218 g/mol. The van der Waals surface area contributed by atoms with Crippen LogP contribution in [0.2, 0.25) is 0 Å². The van der Waals surface area contributed by atoms with Gasteiger partial charge in [-0.05, 0) is 12.1 Å². The summed E-state index contributed by atoms with van der Waals surface area (Å²) >= 11 is 0. The van der Waals surface area contributed by atoms with E-state index in [1.165, 1.54) is 6.39 Å². The molecule has 2 heterocycles. The number of hydrogen-bond donors (Lipinski definition) is 1. The maximum Gasteiger partial charge on any atom is 0.213 e. The number of rotatable bonds is 3. The molecule has 0 aliphatic carbocycles. The third kappa shape index (κ3) is 1.73. The molecule has 0 unspecified atom stereocenters. The average molecular weight is 229 g/mol. The van der Waals surface area contributed by atoms with Gasteiger partial charge >= 0.3 is 0 Å². The van der Waals surface area contributed by atoms with E-state index in [1.807, 2.05) is 35.9 Å². The minimum absolute atomic E-state index is 0.494. The molecule has 6 nitrogen and oxygen atoms in total. The van der Waals surface area contributed by atoms with Crippen LogP contribution in [-0.2, 0) is 13.6 Å². The van der Waals surface area contributed by atoms with Gasteiger partial charge in [-0.15, -0.1) is 0 Å². The van der Waals surface area contributed by atoms with Gasteiger partial charge in [-0.25, -0.2) is 4.98 Å². The van der Waals surface area contributed by atoms with E-state index in [9.17, 15) is 0 Å². The van der Waals surface area contributed by atoms with E-state index >= 15 is 0 Å². The lowest BCUT2D eigenvalue weighted by Crippen LogP contribution is -2.05. The summed E-state index contributed by atoms with van der Waals surface area (Å²) in [5.41, 5.74) is 2.05. The number of benzene rings is 1. The van der Waals surface area contributed by atoms with Crippen molar-refractivity contribution >= 4 is 17.0 Å². The first-order chi connectivity index (χ1) is 8.34. The van der Waals surface area contributed by atoms with E-state index in [2.05, 4.69) is 25.0 Å². The molecule has 17 heavy (non-hydrogen) atoms. The van der Waals surface area contributed by atoms with Crippen LogP contribution in [0.1, 0.15) is 5.82 Å². The highest BCUT2D eigenvalue weighted by Crippen LogP contribution is 2.17. The van der Waals surface area contributed by atoms with Crippen molar-refractivity contribution in [2.75, 3.05) is 5.32 Å². The molecule has 1 N–H and O–H groups in total. The quantitative estimate of drug-likeness (QED) is 0.738. The maximum atomic E-state index is 4.66. The first-order valence-electron chi connectivity index (χ1n) is 5.25. The molecule has 0 amide bonds. The fourth-order valence-corrected chi connectivity index (χ4v) is 1.73. The van der Waals surface area contributed by atoms with Gasteiger partial charge in [0, 0.05) is 7.05 Å². The predicted molar refractivity (Wildman–Crippen MR) is 62.3 cm³/mol. The Morgan fingerprint density at radius 1 is 1.35 bits per heavy atom. The predicted octanol–water partition coefficient (Wildman–Crippen LogP) is 1.57. The van der Waals surface area contributed by atoms with Gasteiger partial charge < -0.3 is 14.4 Å². The Balaban J connectivity index is 1.88. The lowest BCUT2D eigenvalue weighted by Gasteiger charge is -2.02. The molecule has 2 aromatic heterocycles. The summed E-state index contributed by atoms with van der Waals surface area (Å²) < 4.78 is 6.66. The number of aryl methyl sites for hydroxylation is 1. The Morgan fingerprint density at radius 3 is 3.00 bits per heavy atom. The second kappa shape index (κ2) is 3.89. The van der Waals surface area contributed by atoms with Crippen molar-refractivity contribution in [2.24, 2.45) is 7.05 Å². The Morgan fingerprint density at radius 2 is 2.24 bits per heavy atom. The van der Waals surface area contributed by atoms with Crippen molar-refractivity contribution in [1.82, 2.24) is 19.7 Å². The van der Waals surface area contributed by atoms with Gasteiger partial charge in [-0.3, -0.25) is 0 Å². The normalized spacial score (nSPS) is 10.9. The van der Waals surface area contributed by atoms with E-state index in [1.54, 1.807) is 0 Å². The number of imidazole rings is 1. The molecule has 0 aliphatic heterocycles. The minimum Gasteiger partial charge on any atom is -0.348 e. The molecular formula is C11H11N5O. The highest BCUT2D eigenvalue weighted by Gasteiger charge is 2.07. The number of fused-ring (bicyclic) bond motifs is 1. The van der Waals surface area contributed by atoms with E-state index in [4.69, 9.17) is 0 Å². The second-order valence-electron chi connectivity index (χ2n) is 3.68. The average Bonchev–Trinajstić information content (AvgIpc) is 2.96. The highest BCUT2D eigenvalue weighted by atomic mass is 16.5. The molecule has 0 aliphatic rings. The van der Waals surface area contributed by atoms with Gasteiger partial charge in [0.15, 0.2) is 5.82 Å². The second-order valence-corrected chi connectivity index (χ2v) is 3.68. The van der Waals surface area contributed by atoms with Gasteiger partial charge in [-0.2, -0.15) is 4.98 Å². The molecule has 0 fully saturated rings. The molecule has 86 valence electrons. The zero-order valence-electron chi connectivity index (χ0n) is 9.29. The zero-order valence-corrected chi connectivity index (χ0v) is 9.29. The van der Waals surface area contributed by atoms with Crippen LogP contribution in [0.15, 0.2) is 35.2 Å². The summed E-state index contributed by atoms with van der Waals surface area (Å²) in [5, 5.41) is 6.90. The zero-order chi connectivity index (χ0) is 11.7. The number of hydrogen-bond acceptors (Lipinski definition) is 5. The molecule has 0 bridgehead atoms. The van der Waals surface area contributed by atoms with Gasteiger partial charge in [0.05, 0.1) is 17.6 Å². The van der Waals surface area contributed by atoms with Crippen LogP contribution in [0.3, 0.4) is 0 Å². The van der Waals surface area contributed by atoms with E-state index < -0.39 is 0 Å². The minimum atomic E-state index is 0.494. The summed E-state index contributed by atoms with van der Waals surface area (Å²) in [4.78, 5) is 8.41. The molecule has 0 atom stereocenters. The first-order valence-corrected chi connectivity index (χ1v) is 5.25. The molecule has 0 saturated heterocycles. The van der Waals surface area contributed by atoms with Crippen LogP contribution in [0.5, 0.6) is 0 Å². The first kappa shape index (κ1) is 9.83. The largest absolute Gasteiger partial charge is 0.348 e. The number of aromatic nitrogens is 4. The summed E-state index contributed by atoms with van der Waals surface area (Å²) in [6.45, 7) is 0.494. The number of para-hydroxylation sites is 2. The smallest absolute Gasteiger partial charge is 0.213 e. The topological polar surface area (TPSA) is 68.8 Å². The molecule has 6 heteroatoms. The fourth-order valence-electron chi connectivity index (χ4n) is 1.73. The Hall–Kier alpha value is -2.37. The Kier molecular flexibility index (Phi) is 2.25. The number of anilines is 1. The summed E-state index contributed by atoms with van der Waals surface area (Å²) in [6.07, 6.45) is 1.31. The molecule has 0 saturated carbocycles. The standard InChI is InChI=1S/C11H11N5O/c1-16-9-5-3-2-4-8(9)14-11(16)12-6-10-13-7-17-15-10/h2-5,7H,6H2,1H3,(H,12,14). The third-order valence-electron chi connectivity index (χ3n) is 2.60. The van der Waals surface area contributed by atoms with Gasteiger partial charge in [0.25, 0.3) is 0 Å². The third-order valence-corrected chi connectivity index (χ3v) is 2.60. The molecule has 1 aromatic carbocycles. The molecule has 3 aromatic rings. The lowest BCUT2D eigenvalue weighted by atomic mass is 10.3. The van der Waals surface area contributed by atoms with Crippen LogP contribution < -0.4 is 5.32 Å². The van der Waals surface area contributed by atoms with Gasteiger partial charge in [0.2, 0.25) is 12.3 Å². The van der Waals surface area contributed by atoms with E-state index in [-0.39, 0.29) is 0 Å². The monoisotopic (exact) mass is 229 g/mol. The van der Waals surface area contributed by atoms with Crippen molar-refractivity contribution < 1.29 is 4.52 Å².